The highest BCUT2D eigenvalue weighted by atomic mass is 16.6. The summed E-state index contributed by atoms with van der Waals surface area (Å²) in [5.74, 6) is 0. The number of unbranched alkanes of at least 4 members (excludes halogenated alkanes) is 2. The van der Waals surface area contributed by atoms with Crippen LogP contribution in [0.3, 0.4) is 0 Å². The normalized spacial score (nSPS) is 10.0. The molecule has 0 amide bonds. The third-order valence-electron chi connectivity index (χ3n) is 1.13. The zero-order valence-corrected chi connectivity index (χ0v) is 6.02. The van der Waals surface area contributed by atoms with Crippen LogP contribution in [-0.4, -0.2) is 20.2 Å². The lowest BCUT2D eigenvalue weighted by Crippen LogP contribution is -2.13. The summed E-state index contributed by atoms with van der Waals surface area (Å²) in [6.45, 7) is 1.73. The van der Waals surface area contributed by atoms with Crippen molar-refractivity contribution in [1.82, 2.24) is 5.48 Å². The molecule has 0 saturated carbocycles. The molecule has 0 atom stereocenters. The smallest absolute Gasteiger partial charge is 0.0572 e. The Morgan fingerprint density at radius 2 is 2.11 bits per heavy atom. The Labute approximate surface area is 56.5 Å². The Morgan fingerprint density at radius 1 is 1.33 bits per heavy atom. The van der Waals surface area contributed by atoms with E-state index in [4.69, 9.17) is 5.73 Å². The Kier molecular flexibility index (Phi) is 7.77. The van der Waals surface area contributed by atoms with Gasteiger partial charge in [0.05, 0.1) is 7.11 Å². The molecule has 0 aromatic heterocycles. The van der Waals surface area contributed by atoms with Gasteiger partial charge in [-0.25, -0.2) is 5.48 Å². The van der Waals surface area contributed by atoms with Gasteiger partial charge in [0.25, 0.3) is 0 Å². The number of hydrogen-bond acceptors (Lipinski definition) is 3. The van der Waals surface area contributed by atoms with Crippen molar-refractivity contribution in [3.05, 3.63) is 0 Å². The lowest BCUT2D eigenvalue weighted by atomic mass is 10.2. The molecule has 0 aromatic rings. The maximum absolute atomic E-state index is 5.29. The van der Waals surface area contributed by atoms with Gasteiger partial charge in [-0.2, -0.15) is 0 Å². The molecule has 0 rings (SSSR count). The summed E-state index contributed by atoms with van der Waals surface area (Å²) < 4.78 is 0. The van der Waals surface area contributed by atoms with Crippen molar-refractivity contribution in [3.8, 4) is 0 Å². The van der Waals surface area contributed by atoms with E-state index in [-0.39, 0.29) is 0 Å². The van der Waals surface area contributed by atoms with Crippen LogP contribution in [0.5, 0.6) is 0 Å². The van der Waals surface area contributed by atoms with Gasteiger partial charge in [0.2, 0.25) is 0 Å². The van der Waals surface area contributed by atoms with Crippen molar-refractivity contribution in [2.24, 2.45) is 5.73 Å². The second-order valence-corrected chi connectivity index (χ2v) is 1.95. The lowest BCUT2D eigenvalue weighted by molar-refractivity contribution is 0.0905. The van der Waals surface area contributed by atoms with E-state index < -0.39 is 0 Å². The molecule has 0 aliphatic heterocycles. The fourth-order valence-electron chi connectivity index (χ4n) is 0.620. The van der Waals surface area contributed by atoms with Crippen LogP contribution in [0.2, 0.25) is 0 Å². The Bertz CT molecular complexity index is 44.3. The molecular weight excluding hydrogens is 116 g/mol. The van der Waals surface area contributed by atoms with Crippen LogP contribution in [0.1, 0.15) is 19.3 Å². The summed E-state index contributed by atoms with van der Waals surface area (Å²) in [5.41, 5.74) is 8.06. The molecule has 0 unspecified atom stereocenters. The van der Waals surface area contributed by atoms with Crippen LogP contribution in [0.15, 0.2) is 0 Å². The standard InChI is InChI=1S/C6H16N2O/c1-9-8-6-4-2-3-5-7/h8H,2-7H2,1H3. The molecule has 0 heterocycles. The quantitative estimate of drug-likeness (QED) is 0.403. The SMILES string of the molecule is CONCCCCCN. The van der Waals surface area contributed by atoms with Gasteiger partial charge in [0.1, 0.15) is 0 Å². The van der Waals surface area contributed by atoms with Gasteiger partial charge in [-0.15, -0.1) is 0 Å². The van der Waals surface area contributed by atoms with Gasteiger partial charge in [-0.1, -0.05) is 6.42 Å². The molecular formula is C6H16N2O. The first-order valence-electron chi connectivity index (χ1n) is 3.37. The highest BCUT2D eigenvalue weighted by Gasteiger charge is 1.84. The van der Waals surface area contributed by atoms with Gasteiger partial charge >= 0.3 is 0 Å². The van der Waals surface area contributed by atoms with Crippen LogP contribution in [0.4, 0.5) is 0 Å². The first kappa shape index (κ1) is 8.88. The molecule has 0 spiro atoms. The predicted molar refractivity (Wildman–Crippen MR) is 37.9 cm³/mol. The van der Waals surface area contributed by atoms with Crippen LogP contribution in [-0.2, 0) is 4.84 Å². The number of nitrogens with two attached hydrogens (primary N) is 1. The van der Waals surface area contributed by atoms with Gasteiger partial charge in [-0.05, 0) is 19.4 Å². The zero-order chi connectivity index (χ0) is 6.95. The summed E-state index contributed by atoms with van der Waals surface area (Å²) in [6.07, 6.45) is 3.45. The van der Waals surface area contributed by atoms with Crippen molar-refractivity contribution in [3.63, 3.8) is 0 Å². The Balaban J connectivity index is 2.60. The molecule has 0 aliphatic rings. The zero-order valence-electron chi connectivity index (χ0n) is 6.02. The fraction of sp³-hybridized carbons (Fsp3) is 1.00. The van der Waals surface area contributed by atoms with Gasteiger partial charge in [-0.3, -0.25) is 0 Å². The highest BCUT2D eigenvalue weighted by Crippen LogP contribution is 1.90. The number of rotatable bonds is 6. The molecule has 0 bridgehead atoms. The van der Waals surface area contributed by atoms with Crippen molar-refractivity contribution in [2.45, 2.75) is 19.3 Å². The first-order chi connectivity index (χ1) is 4.41. The first-order valence-corrected chi connectivity index (χ1v) is 3.37. The lowest BCUT2D eigenvalue weighted by Gasteiger charge is -1.99. The minimum atomic E-state index is 0.799. The van der Waals surface area contributed by atoms with Crippen molar-refractivity contribution >= 4 is 0 Å². The Morgan fingerprint density at radius 3 is 2.67 bits per heavy atom. The summed E-state index contributed by atoms with van der Waals surface area (Å²) in [7, 11) is 1.63. The summed E-state index contributed by atoms with van der Waals surface area (Å²) >= 11 is 0. The molecule has 9 heavy (non-hydrogen) atoms. The minimum absolute atomic E-state index is 0.799. The fourth-order valence-corrected chi connectivity index (χ4v) is 0.620. The van der Waals surface area contributed by atoms with Crippen LogP contribution >= 0.6 is 0 Å². The molecule has 0 fully saturated rings. The highest BCUT2D eigenvalue weighted by molar-refractivity contribution is 4.42. The maximum Gasteiger partial charge on any atom is 0.0572 e. The van der Waals surface area contributed by atoms with Crippen molar-refractivity contribution < 1.29 is 4.84 Å². The van der Waals surface area contributed by atoms with Gasteiger partial charge in [0, 0.05) is 6.54 Å². The number of hydroxylamine groups is 1. The summed E-state index contributed by atoms with van der Waals surface area (Å²) in [5, 5.41) is 0. The molecule has 0 saturated heterocycles. The molecule has 56 valence electrons. The topological polar surface area (TPSA) is 47.3 Å². The van der Waals surface area contributed by atoms with E-state index in [9.17, 15) is 0 Å². The van der Waals surface area contributed by atoms with E-state index in [0.29, 0.717) is 0 Å². The minimum Gasteiger partial charge on any atom is -0.330 e. The average Bonchev–Trinajstić information content (AvgIpc) is 1.89. The largest absolute Gasteiger partial charge is 0.330 e. The molecule has 0 radical (unpaired) electrons. The van der Waals surface area contributed by atoms with Crippen LogP contribution in [0, 0.1) is 0 Å². The molecule has 3 nitrogen and oxygen atoms in total. The molecule has 0 aromatic carbocycles. The van der Waals surface area contributed by atoms with E-state index in [1.807, 2.05) is 0 Å². The van der Waals surface area contributed by atoms with Crippen molar-refractivity contribution in [2.75, 3.05) is 20.2 Å². The monoisotopic (exact) mass is 132 g/mol. The van der Waals surface area contributed by atoms with Gasteiger partial charge < -0.3 is 10.6 Å². The number of nitrogens with one attached hydrogen (secondary N) is 1. The summed E-state index contributed by atoms with van der Waals surface area (Å²) in [4.78, 5) is 4.64. The third kappa shape index (κ3) is 7.88. The van der Waals surface area contributed by atoms with Crippen LogP contribution in [0.25, 0.3) is 0 Å². The van der Waals surface area contributed by atoms with Gasteiger partial charge in [0.15, 0.2) is 0 Å². The Hall–Kier alpha value is -0.120. The van der Waals surface area contributed by atoms with E-state index in [2.05, 4.69) is 10.3 Å². The van der Waals surface area contributed by atoms with E-state index in [1.165, 1.54) is 6.42 Å². The van der Waals surface area contributed by atoms with E-state index >= 15 is 0 Å². The number of hydrogen-bond donors (Lipinski definition) is 2. The second-order valence-electron chi connectivity index (χ2n) is 1.95. The van der Waals surface area contributed by atoms with E-state index in [0.717, 1.165) is 25.9 Å². The molecule has 3 N–H and O–H groups in total. The van der Waals surface area contributed by atoms with E-state index in [1.54, 1.807) is 7.11 Å². The summed E-state index contributed by atoms with van der Waals surface area (Å²) in [6, 6.07) is 0. The second kappa shape index (κ2) is 7.88. The average molecular weight is 132 g/mol. The maximum atomic E-state index is 5.29. The molecule has 3 heteroatoms. The van der Waals surface area contributed by atoms with Crippen LogP contribution < -0.4 is 11.2 Å². The van der Waals surface area contributed by atoms with Crippen molar-refractivity contribution in [1.29, 1.82) is 0 Å². The third-order valence-corrected chi connectivity index (χ3v) is 1.13. The molecule has 0 aliphatic carbocycles. The predicted octanol–water partition coefficient (Wildman–Crippen LogP) is 0.266.